The van der Waals surface area contributed by atoms with E-state index in [9.17, 15) is 5.26 Å². The molecule has 0 aliphatic carbocycles. The molecule has 0 amide bonds. The Morgan fingerprint density at radius 1 is 0.500 bits per heavy atom. The zero-order valence-corrected chi connectivity index (χ0v) is 26.8. The monoisotopic (exact) mass is 637 g/mol. The van der Waals surface area contributed by atoms with Crippen molar-refractivity contribution < 1.29 is 0 Å². The van der Waals surface area contributed by atoms with Gasteiger partial charge in [0.25, 0.3) is 0 Å². The van der Waals surface area contributed by atoms with E-state index in [2.05, 4.69) is 130 Å². The molecule has 0 unspecified atom stereocenters. The summed E-state index contributed by atoms with van der Waals surface area (Å²) in [5, 5.41) is 13.0. The molecule has 0 aliphatic rings. The predicted octanol–water partition coefficient (Wildman–Crippen LogP) is 11.0. The minimum absolute atomic E-state index is 0.646. The summed E-state index contributed by atoms with van der Waals surface area (Å²) < 4.78 is 4.44. The van der Waals surface area contributed by atoms with E-state index in [0.717, 1.165) is 88.6 Å². The zero-order valence-electron chi connectivity index (χ0n) is 26.8. The number of hydrogen-bond acceptors (Lipinski definition) is 3. The average molecular weight is 638 g/mol. The van der Waals surface area contributed by atoms with Gasteiger partial charge in [0.15, 0.2) is 0 Å². The second-order valence-corrected chi connectivity index (χ2v) is 12.6. The summed E-state index contributed by atoms with van der Waals surface area (Å²) in [6, 6.07) is 56.9. The molecule has 0 saturated heterocycles. The molecule has 232 valence electrons. The summed E-state index contributed by atoms with van der Waals surface area (Å²) in [7, 11) is 0. The third kappa shape index (κ3) is 4.33. The van der Waals surface area contributed by atoms with Crippen molar-refractivity contribution >= 4 is 49.4 Å². The van der Waals surface area contributed by atoms with Crippen LogP contribution in [0, 0.1) is 11.3 Å². The smallest absolute Gasteiger partial charge is 0.138 e. The van der Waals surface area contributed by atoms with Crippen molar-refractivity contribution in [3.8, 4) is 45.3 Å². The van der Waals surface area contributed by atoms with E-state index in [0.29, 0.717) is 5.56 Å². The maximum absolute atomic E-state index is 9.68. The van der Waals surface area contributed by atoms with Gasteiger partial charge in [-0.1, -0.05) is 97.1 Å². The van der Waals surface area contributed by atoms with Crippen LogP contribution in [-0.2, 0) is 0 Å². The molecule has 5 heteroatoms. The lowest BCUT2D eigenvalue weighted by Gasteiger charge is -2.10. The van der Waals surface area contributed by atoms with Crippen molar-refractivity contribution in [3.05, 3.63) is 169 Å². The molecule has 0 saturated carbocycles. The first-order chi connectivity index (χ1) is 24.7. The van der Waals surface area contributed by atoms with E-state index in [1.165, 1.54) is 0 Å². The van der Waals surface area contributed by atoms with Crippen LogP contribution in [0.4, 0.5) is 0 Å². The molecule has 10 rings (SSSR count). The fraction of sp³-hybridized carbons (Fsp3) is 0. The first-order valence-electron chi connectivity index (χ1n) is 16.6. The van der Waals surface area contributed by atoms with Gasteiger partial charge in [-0.05, 0) is 82.9 Å². The minimum atomic E-state index is 0.646. The summed E-state index contributed by atoms with van der Waals surface area (Å²) >= 11 is 0. The SMILES string of the molecule is N#Cc1ccc2c3cc(-c4cccc(-c5ccc6nc7c8ccccc8nc(-c8ccccc8)c7n6c5)c4)ccc3n(-c3ccccc3)c2c1. The molecule has 0 spiro atoms. The minimum Gasteiger partial charge on any atom is -0.309 e. The lowest BCUT2D eigenvalue weighted by molar-refractivity contribution is 1.18. The molecule has 50 heavy (non-hydrogen) atoms. The fourth-order valence-corrected chi connectivity index (χ4v) is 7.38. The summed E-state index contributed by atoms with van der Waals surface area (Å²) in [4.78, 5) is 10.3. The normalized spacial score (nSPS) is 11.6. The Morgan fingerprint density at radius 3 is 2.06 bits per heavy atom. The van der Waals surface area contributed by atoms with Crippen molar-refractivity contribution in [1.29, 1.82) is 5.26 Å². The third-order valence-corrected chi connectivity index (χ3v) is 9.72. The number of aromatic nitrogens is 4. The number of fused-ring (bicyclic) bond motifs is 8. The molecule has 0 bridgehead atoms. The average Bonchev–Trinajstić information content (AvgIpc) is 3.73. The lowest BCUT2D eigenvalue weighted by Crippen LogP contribution is -1.93. The van der Waals surface area contributed by atoms with Crippen LogP contribution in [0.5, 0.6) is 0 Å². The lowest BCUT2D eigenvalue weighted by atomic mass is 9.98. The van der Waals surface area contributed by atoms with Gasteiger partial charge in [-0.2, -0.15) is 5.26 Å². The number of pyridine rings is 2. The Hall–Kier alpha value is -7.03. The number of para-hydroxylation sites is 2. The molecule has 0 N–H and O–H groups in total. The van der Waals surface area contributed by atoms with Crippen molar-refractivity contribution in [2.75, 3.05) is 0 Å². The molecule has 4 heterocycles. The Kier molecular flexibility index (Phi) is 6.17. The maximum atomic E-state index is 9.68. The van der Waals surface area contributed by atoms with Gasteiger partial charge in [0.2, 0.25) is 0 Å². The number of nitrogens with zero attached hydrogens (tertiary/aromatic N) is 5. The highest BCUT2D eigenvalue weighted by atomic mass is 15.0. The van der Waals surface area contributed by atoms with Crippen molar-refractivity contribution in [3.63, 3.8) is 0 Å². The molecular weight excluding hydrogens is 611 g/mol. The highest BCUT2D eigenvalue weighted by Crippen LogP contribution is 2.37. The molecule has 0 radical (unpaired) electrons. The summed E-state index contributed by atoms with van der Waals surface area (Å²) in [5.41, 5.74) is 14.1. The van der Waals surface area contributed by atoms with Crippen LogP contribution in [0.25, 0.3) is 88.6 Å². The number of rotatable bonds is 4. The van der Waals surface area contributed by atoms with Crippen LogP contribution in [0.1, 0.15) is 5.56 Å². The Balaban J connectivity index is 1.13. The highest BCUT2D eigenvalue weighted by Gasteiger charge is 2.18. The second-order valence-electron chi connectivity index (χ2n) is 12.6. The van der Waals surface area contributed by atoms with Crippen molar-refractivity contribution in [1.82, 2.24) is 18.9 Å². The third-order valence-electron chi connectivity index (χ3n) is 9.72. The van der Waals surface area contributed by atoms with Gasteiger partial charge in [0, 0.05) is 33.6 Å². The first kappa shape index (κ1) is 28.0. The quantitative estimate of drug-likeness (QED) is 0.193. The van der Waals surface area contributed by atoms with Crippen LogP contribution in [0.3, 0.4) is 0 Å². The standard InChI is InChI=1S/C45H27N5/c46-27-29-18-21-36-38-26-33(19-22-40(38)50(41(36)24-29)35-14-5-2-6-15-35)31-12-9-13-32(25-31)34-20-23-42-48-44-37-16-7-8-17-39(37)47-43(45(44)49(42)28-34)30-10-3-1-4-11-30/h1-26,28H. The molecule has 10 aromatic rings. The van der Waals surface area contributed by atoms with Gasteiger partial charge in [0.05, 0.1) is 39.4 Å². The Morgan fingerprint density at radius 2 is 1.22 bits per heavy atom. The van der Waals surface area contributed by atoms with E-state index in [1.807, 2.05) is 48.5 Å². The number of hydrogen-bond donors (Lipinski definition) is 0. The molecule has 0 fully saturated rings. The van der Waals surface area contributed by atoms with Crippen LogP contribution in [0.2, 0.25) is 0 Å². The second kappa shape index (κ2) is 11.0. The van der Waals surface area contributed by atoms with Crippen LogP contribution >= 0.6 is 0 Å². The summed E-state index contributed by atoms with van der Waals surface area (Å²) in [6.07, 6.45) is 2.19. The van der Waals surface area contributed by atoms with E-state index >= 15 is 0 Å². The van der Waals surface area contributed by atoms with Crippen molar-refractivity contribution in [2.24, 2.45) is 0 Å². The van der Waals surface area contributed by atoms with Gasteiger partial charge < -0.3 is 4.57 Å². The van der Waals surface area contributed by atoms with E-state index in [1.54, 1.807) is 0 Å². The van der Waals surface area contributed by atoms with Crippen LogP contribution < -0.4 is 0 Å². The van der Waals surface area contributed by atoms with Gasteiger partial charge in [-0.15, -0.1) is 0 Å². The fourth-order valence-electron chi connectivity index (χ4n) is 7.38. The Bertz CT molecular complexity index is 2980. The van der Waals surface area contributed by atoms with Gasteiger partial charge in [-0.3, -0.25) is 4.40 Å². The predicted molar refractivity (Wildman–Crippen MR) is 203 cm³/mol. The van der Waals surface area contributed by atoms with Crippen LogP contribution in [-0.4, -0.2) is 18.9 Å². The van der Waals surface area contributed by atoms with E-state index in [-0.39, 0.29) is 0 Å². The largest absolute Gasteiger partial charge is 0.309 e. The Labute approximate surface area is 287 Å². The maximum Gasteiger partial charge on any atom is 0.138 e. The molecule has 0 atom stereocenters. The molecule has 0 aliphatic heterocycles. The highest BCUT2D eigenvalue weighted by molar-refractivity contribution is 6.11. The zero-order chi connectivity index (χ0) is 33.2. The van der Waals surface area contributed by atoms with Gasteiger partial charge >= 0.3 is 0 Å². The molecule has 5 nitrogen and oxygen atoms in total. The summed E-state index contributed by atoms with van der Waals surface area (Å²) in [5.74, 6) is 0. The van der Waals surface area contributed by atoms with Gasteiger partial charge in [0.1, 0.15) is 11.2 Å². The first-order valence-corrected chi connectivity index (χ1v) is 16.6. The van der Waals surface area contributed by atoms with Crippen LogP contribution in [0.15, 0.2) is 164 Å². The summed E-state index contributed by atoms with van der Waals surface area (Å²) in [6.45, 7) is 0. The topological polar surface area (TPSA) is 58.9 Å². The number of imidazole rings is 1. The number of nitriles is 1. The van der Waals surface area contributed by atoms with E-state index in [4.69, 9.17) is 9.97 Å². The van der Waals surface area contributed by atoms with Crippen molar-refractivity contribution in [2.45, 2.75) is 0 Å². The molecule has 6 aromatic carbocycles. The van der Waals surface area contributed by atoms with Gasteiger partial charge in [-0.25, -0.2) is 9.97 Å². The number of benzene rings is 6. The van der Waals surface area contributed by atoms with E-state index < -0.39 is 0 Å². The molecule has 4 aromatic heterocycles. The molecular formula is C45H27N5.